The van der Waals surface area contributed by atoms with Crippen molar-refractivity contribution in [2.75, 3.05) is 31.5 Å². The Hall–Kier alpha value is -1.85. The van der Waals surface area contributed by atoms with Gasteiger partial charge in [0.25, 0.3) is 0 Å². The average Bonchev–Trinajstić information content (AvgIpc) is 3.03. The lowest BCUT2D eigenvalue weighted by Gasteiger charge is -2.27. The van der Waals surface area contributed by atoms with Gasteiger partial charge in [0.2, 0.25) is 0 Å². The zero-order valence-corrected chi connectivity index (χ0v) is 17.4. The molecule has 2 aromatic rings. The van der Waals surface area contributed by atoms with Crippen LogP contribution in [0.1, 0.15) is 42.6 Å². The number of furan rings is 1. The number of nitrogens with zero attached hydrogens (tertiary/aromatic N) is 1. The molecule has 2 N–H and O–H groups in total. The van der Waals surface area contributed by atoms with Gasteiger partial charge in [0.1, 0.15) is 5.76 Å². The number of hydrogen-bond acceptors (Lipinski definition) is 2. The Labute approximate surface area is 168 Å². The number of hydrogen-bond donors (Lipinski definition) is 2. The van der Waals surface area contributed by atoms with Crippen LogP contribution in [0, 0.1) is 13.8 Å². The normalized spacial score (nSPS) is 15.3. The molecule has 0 radical (unpaired) electrons. The highest BCUT2D eigenvalue weighted by atomic mass is 32.1. The van der Waals surface area contributed by atoms with Gasteiger partial charge in [-0.05, 0) is 87.1 Å². The summed E-state index contributed by atoms with van der Waals surface area (Å²) in [7, 11) is 0. The molecular weight excluding hydrogens is 354 g/mol. The molecule has 146 valence electrons. The first kappa shape index (κ1) is 19.9. The molecule has 1 saturated heterocycles. The van der Waals surface area contributed by atoms with Crippen LogP contribution in [0.4, 0.5) is 5.69 Å². The van der Waals surface area contributed by atoms with E-state index in [-0.39, 0.29) is 0 Å². The van der Waals surface area contributed by atoms with Crippen LogP contribution < -0.4 is 10.2 Å². The molecule has 1 fully saturated rings. The third-order valence-corrected chi connectivity index (χ3v) is 5.88. The topological polar surface area (TPSA) is 32.9 Å². The summed E-state index contributed by atoms with van der Waals surface area (Å²) in [4.78, 5) is 3.94. The number of likely N-dealkylation sites (tertiary alicyclic amines) is 1. The minimum absolute atomic E-state index is 0.705. The highest BCUT2D eigenvalue weighted by Gasteiger charge is 2.17. The maximum atomic E-state index is 5.76. The van der Waals surface area contributed by atoms with E-state index in [2.05, 4.69) is 42.3 Å². The van der Waals surface area contributed by atoms with E-state index in [1.807, 2.05) is 12.1 Å². The molecule has 1 aliphatic rings. The summed E-state index contributed by atoms with van der Waals surface area (Å²) in [6, 6.07) is 10.4. The molecule has 2 heterocycles. The zero-order valence-electron chi connectivity index (χ0n) is 16.6. The van der Waals surface area contributed by atoms with Crippen LogP contribution in [0.2, 0.25) is 0 Å². The van der Waals surface area contributed by atoms with Crippen molar-refractivity contribution >= 4 is 23.0 Å². The number of thiocarbonyl (C=S) groups is 1. The smallest absolute Gasteiger partial charge is 0.174 e. The van der Waals surface area contributed by atoms with Gasteiger partial charge in [-0.15, -0.1) is 0 Å². The zero-order chi connectivity index (χ0) is 19.1. The molecule has 0 unspecified atom stereocenters. The Balaban J connectivity index is 1.64. The maximum Gasteiger partial charge on any atom is 0.174 e. The molecule has 5 heteroatoms. The second-order valence-corrected chi connectivity index (χ2v) is 8.03. The molecule has 27 heavy (non-hydrogen) atoms. The van der Waals surface area contributed by atoms with Crippen molar-refractivity contribution in [3.63, 3.8) is 0 Å². The summed E-state index contributed by atoms with van der Waals surface area (Å²) in [5.41, 5.74) is 3.62. The molecule has 0 atom stereocenters. The van der Waals surface area contributed by atoms with Crippen molar-refractivity contribution in [2.45, 2.75) is 46.1 Å². The highest BCUT2D eigenvalue weighted by molar-refractivity contribution is 7.80. The molecule has 1 aliphatic heterocycles. The lowest BCUT2D eigenvalue weighted by atomic mass is 10.1. The predicted molar refractivity (Wildman–Crippen MR) is 115 cm³/mol. The van der Waals surface area contributed by atoms with Crippen molar-refractivity contribution in [1.82, 2.24) is 4.90 Å². The third-order valence-electron chi connectivity index (χ3n) is 5.52. The largest absolute Gasteiger partial charge is 0.467 e. The van der Waals surface area contributed by atoms with Gasteiger partial charge in [-0.2, -0.15) is 0 Å². The SMILES string of the molecule is Cc1ccc(NC(=S)N(CC[NH+]2CCCCCC2)Cc2ccco2)cc1C. The highest BCUT2D eigenvalue weighted by Crippen LogP contribution is 2.15. The second-order valence-electron chi connectivity index (χ2n) is 7.64. The van der Waals surface area contributed by atoms with Gasteiger partial charge >= 0.3 is 0 Å². The summed E-state index contributed by atoms with van der Waals surface area (Å²) in [6.45, 7) is 9.59. The van der Waals surface area contributed by atoms with Gasteiger partial charge in [-0.1, -0.05) is 6.07 Å². The van der Waals surface area contributed by atoms with E-state index in [4.69, 9.17) is 16.6 Å². The summed E-state index contributed by atoms with van der Waals surface area (Å²) >= 11 is 5.76. The molecule has 1 aromatic carbocycles. The summed E-state index contributed by atoms with van der Waals surface area (Å²) in [5, 5.41) is 4.20. The van der Waals surface area contributed by atoms with Gasteiger partial charge in [0.05, 0.1) is 39.0 Å². The number of anilines is 1. The molecule has 4 nitrogen and oxygen atoms in total. The van der Waals surface area contributed by atoms with Crippen molar-refractivity contribution in [2.24, 2.45) is 0 Å². The Morgan fingerprint density at radius 3 is 2.56 bits per heavy atom. The van der Waals surface area contributed by atoms with E-state index in [1.165, 1.54) is 49.9 Å². The van der Waals surface area contributed by atoms with Gasteiger partial charge in [0, 0.05) is 5.69 Å². The van der Waals surface area contributed by atoms with Gasteiger partial charge in [-0.25, -0.2) is 0 Å². The summed E-state index contributed by atoms with van der Waals surface area (Å²) < 4.78 is 5.58. The standard InChI is InChI=1S/C22H31N3OS/c1-18-9-10-20(16-19(18)2)23-22(27)25(17-21-8-7-15-26-21)14-13-24-11-5-3-4-6-12-24/h7-10,15-16H,3-6,11-14,17H2,1-2H3,(H,23,27)/p+1. The lowest BCUT2D eigenvalue weighted by Crippen LogP contribution is -3.12. The van der Waals surface area contributed by atoms with Gasteiger partial charge < -0.3 is 19.5 Å². The van der Waals surface area contributed by atoms with Crippen LogP contribution in [0.5, 0.6) is 0 Å². The molecule has 0 spiro atoms. The van der Waals surface area contributed by atoms with Crippen molar-refractivity contribution in [1.29, 1.82) is 0 Å². The van der Waals surface area contributed by atoms with Gasteiger partial charge in [-0.3, -0.25) is 0 Å². The number of quaternary nitrogens is 1. The number of nitrogens with one attached hydrogen (secondary N) is 2. The van der Waals surface area contributed by atoms with E-state index >= 15 is 0 Å². The van der Waals surface area contributed by atoms with Crippen LogP contribution >= 0.6 is 12.2 Å². The molecule has 0 saturated carbocycles. The molecule has 0 amide bonds. The molecule has 1 aromatic heterocycles. The van der Waals surface area contributed by atoms with Crippen LogP contribution in [-0.4, -0.2) is 36.2 Å². The lowest BCUT2D eigenvalue weighted by molar-refractivity contribution is -0.898. The van der Waals surface area contributed by atoms with E-state index < -0.39 is 0 Å². The Kier molecular flexibility index (Phi) is 7.30. The van der Waals surface area contributed by atoms with E-state index in [9.17, 15) is 0 Å². The molecular formula is C22H32N3OS+. The van der Waals surface area contributed by atoms with Crippen molar-refractivity contribution < 1.29 is 9.32 Å². The Bertz CT molecular complexity index is 721. The fourth-order valence-corrected chi connectivity index (χ4v) is 3.91. The first-order chi connectivity index (χ1) is 13.1. The minimum atomic E-state index is 0.705. The molecule has 3 rings (SSSR count). The first-order valence-electron chi connectivity index (χ1n) is 10.1. The minimum Gasteiger partial charge on any atom is -0.467 e. The maximum absolute atomic E-state index is 5.76. The summed E-state index contributed by atoms with van der Waals surface area (Å²) in [6.07, 6.45) is 7.18. The predicted octanol–water partition coefficient (Wildman–Crippen LogP) is 3.55. The number of rotatable bonds is 6. The monoisotopic (exact) mass is 386 g/mol. The van der Waals surface area contributed by atoms with Crippen LogP contribution in [0.25, 0.3) is 0 Å². The summed E-state index contributed by atoms with van der Waals surface area (Å²) in [5.74, 6) is 0.949. The fraction of sp³-hybridized carbons (Fsp3) is 0.500. The fourth-order valence-electron chi connectivity index (χ4n) is 3.64. The third kappa shape index (κ3) is 6.08. The first-order valence-corrected chi connectivity index (χ1v) is 10.5. The number of benzene rings is 1. The second kappa shape index (κ2) is 9.90. The molecule has 0 aliphatic carbocycles. The average molecular weight is 387 g/mol. The van der Waals surface area contributed by atoms with E-state index in [1.54, 1.807) is 11.2 Å². The quantitative estimate of drug-likeness (QED) is 0.744. The number of aryl methyl sites for hydroxylation is 2. The van der Waals surface area contributed by atoms with Crippen molar-refractivity contribution in [3.05, 3.63) is 53.5 Å². The van der Waals surface area contributed by atoms with E-state index in [0.29, 0.717) is 6.54 Å². The molecule has 0 bridgehead atoms. The van der Waals surface area contributed by atoms with Gasteiger partial charge in [0.15, 0.2) is 5.11 Å². The Morgan fingerprint density at radius 2 is 1.89 bits per heavy atom. The Morgan fingerprint density at radius 1 is 1.11 bits per heavy atom. The van der Waals surface area contributed by atoms with Crippen LogP contribution in [0.3, 0.4) is 0 Å². The van der Waals surface area contributed by atoms with Crippen molar-refractivity contribution in [3.8, 4) is 0 Å². The van der Waals surface area contributed by atoms with Crippen LogP contribution in [-0.2, 0) is 6.54 Å². The van der Waals surface area contributed by atoms with E-state index in [0.717, 1.165) is 29.6 Å². The van der Waals surface area contributed by atoms with Crippen LogP contribution in [0.15, 0.2) is 41.0 Å².